The quantitative estimate of drug-likeness (QED) is 0.879. The second-order valence-corrected chi connectivity index (χ2v) is 6.88. The number of pyridine rings is 1. The van der Waals surface area contributed by atoms with Crippen molar-refractivity contribution in [1.29, 1.82) is 0 Å². The summed E-state index contributed by atoms with van der Waals surface area (Å²) < 4.78 is 5.50. The molecule has 5 heteroatoms. The average Bonchev–Trinajstić information content (AvgIpc) is 2.53. The molecule has 122 valence electrons. The van der Waals surface area contributed by atoms with Crippen LogP contribution in [0.1, 0.15) is 32.4 Å². The molecule has 1 aromatic heterocycles. The molecule has 1 saturated heterocycles. The second kappa shape index (κ2) is 6.16. The van der Waals surface area contributed by atoms with Crippen LogP contribution in [0, 0.1) is 0 Å². The Morgan fingerprint density at radius 2 is 2.17 bits per heavy atom. The van der Waals surface area contributed by atoms with Gasteiger partial charge < -0.3 is 15.0 Å². The van der Waals surface area contributed by atoms with E-state index in [1.54, 1.807) is 11.1 Å². The number of aromatic nitrogens is 1. The highest BCUT2D eigenvalue weighted by Gasteiger charge is 2.28. The topological polar surface area (TPSA) is 54.5 Å². The molecule has 5 nitrogen and oxygen atoms in total. The highest BCUT2D eigenvalue weighted by molar-refractivity contribution is 5.85. The van der Waals surface area contributed by atoms with Crippen molar-refractivity contribution in [1.82, 2.24) is 15.2 Å². The van der Waals surface area contributed by atoms with Crippen molar-refractivity contribution in [2.24, 2.45) is 0 Å². The summed E-state index contributed by atoms with van der Waals surface area (Å²) in [7, 11) is 0. The van der Waals surface area contributed by atoms with Crippen LogP contribution in [0.2, 0.25) is 0 Å². The summed E-state index contributed by atoms with van der Waals surface area (Å²) in [5.74, 6) is 0. The predicted molar refractivity (Wildman–Crippen MR) is 90.3 cm³/mol. The van der Waals surface area contributed by atoms with Gasteiger partial charge in [0.05, 0.1) is 6.04 Å². The lowest BCUT2D eigenvalue weighted by Crippen LogP contribution is -2.49. The van der Waals surface area contributed by atoms with Crippen LogP contribution in [-0.4, -0.2) is 41.2 Å². The van der Waals surface area contributed by atoms with Gasteiger partial charge in [-0.2, -0.15) is 0 Å². The number of ether oxygens (including phenoxy) is 1. The minimum Gasteiger partial charge on any atom is -0.444 e. The third-order valence-electron chi connectivity index (χ3n) is 3.92. The maximum Gasteiger partial charge on any atom is 0.410 e. The molecule has 2 aromatic rings. The first kappa shape index (κ1) is 15.7. The van der Waals surface area contributed by atoms with Crippen molar-refractivity contribution in [2.45, 2.75) is 32.4 Å². The summed E-state index contributed by atoms with van der Waals surface area (Å²) in [5.41, 5.74) is 0.723. The van der Waals surface area contributed by atoms with Crippen molar-refractivity contribution in [3.05, 3.63) is 42.2 Å². The molecule has 23 heavy (non-hydrogen) atoms. The average molecular weight is 313 g/mol. The van der Waals surface area contributed by atoms with Crippen molar-refractivity contribution in [2.75, 3.05) is 19.6 Å². The number of nitrogens with one attached hydrogen (secondary N) is 1. The fourth-order valence-corrected chi connectivity index (χ4v) is 2.90. The summed E-state index contributed by atoms with van der Waals surface area (Å²) >= 11 is 0. The Labute approximate surface area is 136 Å². The van der Waals surface area contributed by atoms with Crippen LogP contribution in [0.15, 0.2) is 36.7 Å². The maximum absolute atomic E-state index is 12.3. The fourth-order valence-electron chi connectivity index (χ4n) is 2.90. The Bertz CT molecular complexity index is 703. The fraction of sp³-hybridized carbons (Fsp3) is 0.444. The smallest absolute Gasteiger partial charge is 0.410 e. The number of hydrogen-bond acceptors (Lipinski definition) is 4. The van der Waals surface area contributed by atoms with Gasteiger partial charge in [0.1, 0.15) is 5.60 Å². The third-order valence-corrected chi connectivity index (χ3v) is 3.92. The molecule has 1 aromatic carbocycles. The van der Waals surface area contributed by atoms with Crippen LogP contribution < -0.4 is 5.32 Å². The normalized spacial score (nSPS) is 18.9. The number of fused-ring (bicyclic) bond motifs is 1. The number of benzene rings is 1. The highest BCUT2D eigenvalue weighted by atomic mass is 16.6. The summed E-state index contributed by atoms with van der Waals surface area (Å²) in [5, 5.41) is 5.79. The Kier molecular flexibility index (Phi) is 4.22. The Morgan fingerprint density at radius 3 is 2.96 bits per heavy atom. The molecule has 1 unspecified atom stereocenters. The number of nitrogens with zero attached hydrogens (tertiary/aromatic N) is 2. The standard InChI is InChI=1S/C18H23N3O2/c1-18(2,3)23-17(22)21-10-9-20-16(12-21)15-6-4-5-13-11-19-8-7-14(13)15/h4-8,11,16,20H,9-10,12H2,1-3H3. The SMILES string of the molecule is CC(C)(C)OC(=O)N1CCNC(c2cccc3cnccc23)C1. The van der Waals surface area contributed by atoms with E-state index >= 15 is 0 Å². The molecule has 2 heterocycles. The Hall–Kier alpha value is -2.14. The van der Waals surface area contributed by atoms with E-state index in [0.717, 1.165) is 11.9 Å². The first-order valence-corrected chi connectivity index (χ1v) is 7.98. The number of carbonyl (C=O) groups excluding carboxylic acids is 1. The van der Waals surface area contributed by atoms with Gasteiger partial charge in [-0.15, -0.1) is 0 Å². The molecule has 1 atom stereocenters. The second-order valence-electron chi connectivity index (χ2n) is 6.88. The van der Waals surface area contributed by atoms with Crippen molar-refractivity contribution in [3.8, 4) is 0 Å². The van der Waals surface area contributed by atoms with Crippen LogP contribution >= 0.6 is 0 Å². The summed E-state index contributed by atoms with van der Waals surface area (Å²) in [6, 6.07) is 8.33. The molecule has 1 aliphatic heterocycles. The predicted octanol–water partition coefficient (Wildman–Crippen LogP) is 3.12. The number of hydrogen-bond donors (Lipinski definition) is 1. The zero-order valence-electron chi connectivity index (χ0n) is 13.9. The Balaban J connectivity index is 1.82. The van der Waals surface area contributed by atoms with Crippen molar-refractivity contribution >= 4 is 16.9 Å². The third kappa shape index (κ3) is 3.62. The van der Waals surface area contributed by atoms with Crippen LogP contribution in [0.25, 0.3) is 10.8 Å². The molecular weight excluding hydrogens is 290 g/mol. The van der Waals surface area contributed by atoms with Crippen LogP contribution in [0.3, 0.4) is 0 Å². The molecule has 0 bridgehead atoms. The maximum atomic E-state index is 12.3. The molecule has 1 N–H and O–H groups in total. The molecule has 0 aliphatic carbocycles. The number of carbonyl (C=O) groups is 1. The minimum atomic E-state index is -0.470. The van der Waals surface area contributed by atoms with Gasteiger partial charge in [-0.3, -0.25) is 4.98 Å². The van der Waals surface area contributed by atoms with Gasteiger partial charge in [0, 0.05) is 37.4 Å². The first-order chi connectivity index (χ1) is 10.9. The van der Waals surface area contributed by atoms with E-state index in [2.05, 4.69) is 22.4 Å². The van der Waals surface area contributed by atoms with Gasteiger partial charge in [0.15, 0.2) is 0 Å². The lowest BCUT2D eigenvalue weighted by Gasteiger charge is -2.35. The van der Waals surface area contributed by atoms with Crippen LogP contribution in [0.5, 0.6) is 0 Å². The molecule has 0 spiro atoms. The molecule has 1 amide bonds. The van der Waals surface area contributed by atoms with Gasteiger partial charge in [-0.1, -0.05) is 18.2 Å². The van der Waals surface area contributed by atoms with Gasteiger partial charge in [-0.25, -0.2) is 4.79 Å². The number of rotatable bonds is 1. The van der Waals surface area contributed by atoms with Crippen LogP contribution in [-0.2, 0) is 4.74 Å². The van der Waals surface area contributed by atoms with E-state index in [0.29, 0.717) is 13.1 Å². The lowest BCUT2D eigenvalue weighted by atomic mass is 9.98. The summed E-state index contributed by atoms with van der Waals surface area (Å²) in [6.07, 6.45) is 3.43. The van der Waals surface area contributed by atoms with Crippen LogP contribution in [0.4, 0.5) is 4.79 Å². The van der Waals surface area contributed by atoms with E-state index in [-0.39, 0.29) is 12.1 Å². The minimum absolute atomic E-state index is 0.0994. The summed E-state index contributed by atoms with van der Waals surface area (Å²) in [4.78, 5) is 18.3. The van der Waals surface area contributed by atoms with Crippen molar-refractivity contribution < 1.29 is 9.53 Å². The molecule has 1 fully saturated rings. The van der Waals surface area contributed by atoms with Gasteiger partial charge in [-0.05, 0) is 37.8 Å². The monoisotopic (exact) mass is 313 g/mol. The van der Waals surface area contributed by atoms with Gasteiger partial charge in [0.25, 0.3) is 0 Å². The molecule has 0 radical (unpaired) electrons. The van der Waals surface area contributed by atoms with Gasteiger partial charge in [0.2, 0.25) is 0 Å². The molecule has 0 saturated carbocycles. The molecule has 3 rings (SSSR count). The zero-order chi connectivity index (χ0) is 16.4. The number of piperazine rings is 1. The van der Waals surface area contributed by atoms with Crippen molar-refractivity contribution in [3.63, 3.8) is 0 Å². The largest absolute Gasteiger partial charge is 0.444 e. The first-order valence-electron chi connectivity index (χ1n) is 7.98. The van der Waals surface area contributed by atoms with E-state index in [1.807, 2.05) is 39.1 Å². The number of amides is 1. The van der Waals surface area contributed by atoms with E-state index in [4.69, 9.17) is 4.74 Å². The summed E-state index contributed by atoms with van der Waals surface area (Å²) in [6.45, 7) is 7.70. The van der Waals surface area contributed by atoms with E-state index in [1.165, 1.54) is 10.9 Å². The zero-order valence-corrected chi connectivity index (χ0v) is 13.9. The molecule has 1 aliphatic rings. The highest BCUT2D eigenvalue weighted by Crippen LogP contribution is 2.26. The lowest BCUT2D eigenvalue weighted by molar-refractivity contribution is 0.0195. The molecular formula is C18H23N3O2. The van der Waals surface area contributed by atoms with E-state index < -0.39 is 5.60 Å². The Morgan fingerprint density at radius 1 is 1.35 bits per heavy atom. The van der Waals surface area contributed by atoms with Gasteiger partial charge >= 0.3 is 6.09 Å². The van der Waals surface area contributed by atoms with E-state index in [9.17, 15) is 4.79 Å².